The minimum absolute atomic E-state index is 0.164. The van der Waals surface area contributed by atoms with Crippen LogP contribution in [0.3, 0.4) is 0 Å². The monoisotopic (exact) mass is 289 g/mol. The lowest BCUT2D eigenvalue weighted by atomic mass is 10.00. The Kier molecular flexibility index (Phi) is 5.12. The van der Waals surface area contributed by atoms with Crippen molar-refractivity contribution < 1.29 is 4.39 Å². The first-order valence-electron chi connectivity index (χ1n) is 7.59. The summed E-state index contributed by atoms with van der Waals surface area (Å²) in [6.45, 7) is 7.01. The highest BCUT2D eigenvalue weighted by atomic mass is 19.1. The molecule has 0 fully saturated rings. The van der Waals surface area contributed by atoms with Crippen molar-refractivity contribution in [2.24, 2.45) is 7.05 Å². The SMILES string of the molecule is CCCNC(c1cc(C)ccc1F)c1cc(CC)nn1C. The maximum Gasteiger partial charge on any atom is 0.128 e. The van der Waals surface area contributed by atoms with Crippen LogP contribution in [0.15, 0.2) is 24.3 Å². The lowest BCUT2D eigenvalue weighted by molar-refractivity contribution is 0.519. The molecule has 0 saturated carbocycles. The molecule has 0 aliphatic rings. The molecule has 1 heterocycles. The van der Waals surface area contributed by atoms with Gasteiger partial charge >= 0.3 is 0 Å². The van der Waals surface area contributed by atoms with Crippen LogP contribution in [0.5, 0.6) is 0 Å². The number of nitrogens with one attached hydrogen (secondary N) is 1. The molecule has 1 aromatic heterocycles. The van der Waals surface area contributed by atoms with E-state index in [9.17, 15) is 4.39 Å². The molecule has 0 saturated heterocycles. The summed E-state index contributed by atoms with van der Waals surface area (Å²) in [5, 5.41) is 7.94. The van der Waals surface area contributed by atoms with Gasteiger partial charge in [0, 0.05) is 12.6 Å². The van der Waals surface area contributed by atoms with Gasteiger partial charge in [-0.3, -0.25) is 4.68 Å². The number of aryl methyl sites for hydroxylation is 3. The Balaban J connectivity index is 2.46. The van der Waals surface area contributed by atoms with E-state index in [1.807, 2.05) is 24.7 Å². The van der Waals surface area contributed by atoms with Gasteiger partial charge in [0.15, 0.2) is 0 Å². The van der Waals surface area contributed by atoms with Crippen molar-refractivity contribution in [3.8, 4) is 0 Å². The highest BCUT2D eigenvalue weighted by Gasteiger charge is 2.21. The average molecular weight is 289 g/mol. The van der Waals surface area contributed by atoms with Crippen molar-refractivity contribution >= 4 is 0 Å². The molecular formula is C17H24FN3. The summed E-state index contributed by atoms with van der Waals surface area (Å²) in [6, 6.07) is 7.16. The van der Waals surface area contributed by atoms with Crippen LogP contribution in [0.1, 0.15) is 48.8 Å². The molecule has 3 nitrogen and oxygen atoms in total. The quantitative estimate of drug-likeness (QED) is 0.882. The lowest BCUT2D eigenvalue weighted by Gasteiger charge is -2.20. The van der Waals surface area contributed by atoms with E-state index >= 15 is 0 Å². The van der Waals surface area contributed by atoms with Crippen molar-refractivity contribution in [1.82, 2.24) is 15.1 Å². The Hall–Kier alpha value is -1.68. The number of hydrogen-bond donors (Lipinski definition) is 1. The molecule has 21 heavy (non-hydrogen) atoms. The molecule has 1 aromatic carbocycles. The second kappa shape index (κ2) is 6.85. The Labute approximate surface area is 126 Å². The smallest absolute Gasteiger partial charge is 0.128 e. The average Bonchev–Trinajstić information content (AvgIpc) is 2.84. The van der Waals surface area contributed by atoms with E-state index < -0.39 is 0 Å². The third kappa shape index (κ3) is 3.50. The fourth-order valence-corrected chi connectivity index (χ4v) is 2.53. The van der Waals surface area contributed by atoms with Gasteiger partial charge in [0.25, 0.3) is 0 Å². The Morgan fingerprint density at radius 2 is 2.05 bits per heavy atom. The van der Waals surface area contributed by atoms with Crippen LogP contribution in [-0.2, 0) is 13.5 Å². The van der Waals surface area contributed by atoms with E-state index in [0.29, 0.717) is 5.56 Å². The number of rotatable bonds is 6. The summed E-state index contributed by atoms with van der Waals surface area (Å²) in [5.74, 6) is -0.173. The normalized spacial score (nSPS) is 12.6. The Morgan fingerprint density at radius 1 is 1.29 bits per heavy atom. The molecule has 0 aliphatic carbocycles. The molecular weight excluding hydrogens is 265 g/mol. The molecule has 1 atom stereocenters. The molecule has 2 aromatic rings. The van der Waals surface area contributed by atoms with Crippen LogP contribution in [0.25, 0.3) is 0 Å². The molecule has 1 unspecified atom stereocenters. The molecule has 0 aliphatic heterocycles. The summed E-state index contributed by atoms with van der Waals surface area (Å²) in [7, 11) is 1.92. The third-order valence-corrected chi connectivity index (χ3v) is 3.69. The first kappa shape index (κ1) is 15.7. The van der Waals surface area contributed by atoms with Gasteiger partial charge in [-0.1, -0.05) is 31.5 Å². The number of nitrogens with zero attached hydrogens (tertiary/aromatic N) is 2. The van der Waals surface area contributed by atoms with Crippen molar-refractivity contribution in [3.63, 3.8) is 0 Å². The Bertz CT molecular complexity index is 604. The van der Waals surface area contributed by atoms with Gasteiger partial charge in [0.2, 0.25) is 0 Å². The van der Waals surface area contributed by atoms with Crippen molar-refractivity contribution in [2.75, 3.05) is 6.54 Å². The zero-order valence-electron chi connectivity index (χ0n) is 13.3. The van der Waals surface area contributed by atoms with Crippen LogP contribution in [-0.4, -0.2) is 16.3 Å². The van der Waals surface area contributed by atoms with Gasteiger partial charge in [0.05, 0.1) is 17.4 Å². The lowest BCUT2D eigenvalue weighted by Crippen LogP contribution is -2.26. The van der Waals surface area contributed by atoms with E-state index in [1.54, 1.807) is 12.1 Å². The topological polar surface area (TPSA) is 29.9 Å². The zero-order chi connectivity index (χ0) is 15.4. The zero-order valence-corrected chi connectivity index (χ0v) is 13.3. The van der Waals surface area contributed by atoms with Crippen LogP contribution in [0, 0.1) is 12.7 Å². The molecule has 0 bridgehead atoms. The van der Waals surface area contributed by atoms with Crippen molar-refractivity contribution in [1.29, 1.82) is 0 Å². The van der Waals surface area contributed by atoms with E-state index in [1.165, 1.54) is 0 Å². The minimum atomic E-state index is -0.173. The molecule has 0 radical (unpaired) electrons. The van der Waals surface area contributed by atoms with Crippen LogP contribution in [0.4, 0.5) is 4.39 Å². The largest absolute Gasteiger partial charge is 0.305 e. The summed E-state index contributed by atoms with van der Waals surface area (Å²) in [5.41, 5.74) is 3.79. The maximum absolute atomic E-state index is 14.3. The highest BCUT2D eigenvalue weighted by molar-refractivity contribution is 5.33. The van der Waals surface area contributed by atoms with E-state index in [-0.39, 0.29) is 11.9 Å². The van der Waals surface area contributed by atoms with Crippen molar-refractivity contribution in [3.05, 3.63) is 52.6 Å². The summed E-state index contributed by atoms with van der Waals surface area (Å²) in [4.78, 5) is 0. The molecule has 1 N–H and O–H groups in total. The molecule has 0 spiro atoms. The predicted octanol–water partition coefficient (Wildman–Crippen LogP) is 3.52. The Morgan fingerprint density at radius 3 is 2.67 bits per heavy atom. The predicted molar refractivity (Wildman–Crippen MR) is 83.9 cm³/mol. The fraction of sp³-hybridized carbons (Fsp3) is 0.471. The third-order valence-electron chi connectivity index (χ3n) is 3.69. The van der Waals surface area contributed by atoms with E-state index in [0.717, 1.165) is 36.3 Å². The summed E-state index contributed by atoms with van der Waals surface area (Å²) < 4.78 is 16.1. The molecule has 4 heteroatoms. The second-order valence-electron chi connectivity index (χ2n) is 5.45. The standard InChI is InChI=1S/C17H24FN3/c1-5-9-19-17(14-10-12(3)7-8-15(14)18)16-11-13(6-2)20-21(16)4/h7-8,10-11,17,19H,5-6,9H2,1-4H3. The van der Waals surface area contributed by atoms with Gasteiger partial charge in [-0.2, -0.15) is 5.10 Å². The summed E-state index contributed by atoms with van der Waals surface area (Å²) in [6.07, 6.45) is 1.88. The van der Waals surface area contributed by atoms with Crippen LogP contribution < -0.4 is 5.32 Å². The highest BCUT2D eigenvalue weighted by Crippen LogP contribution is 2.26. The van der Waals surface area contributed by atoms with Gasteiger partial charge in [-0.05, 0) is 38.4 Å². The first-order chi connectivity index (χ1) is 10.1. The van der Waals surface area contributed by atoms with Gasteiger partial charge in [-0.25, -0.2) is 4.39 Å². The van der Waals surface area contributed by atoms with Gasteiger partial charge < -0.3 is 5.32 Å². The number of hydrogen-bond acceptors (Lipinski definition) is 2. The van der Waals surface area contributed by atoms with Gasteiger partial charge in [-0.15, -0.1) is 0 Å². The molecule has 114 valence electrons. The number of aromatic nitrogens is 2. The van der Waals surface area contributed by atoms with Gasteiger partial charge in [0.1, 0.15) is 5.82 Å². The maximum atomic E-state index is 14.3. The second-order valence-corrected chi connectivity index (χ2v) is 5.45. The first-order valence-corrected chi connectivity index (χ1v) is 7.59. The number of halogens is 1. The fourth-order valence-electron chi connectivity index (χ4n) is 2.53. The molecule has 0 amide bonds. The van der Waals surface area contributed by atoms with Crippen LogP contribution in [0.2, 0.25) is 0 Å². The van der Waals surface area contributed by atoms with Crippen LogP contribution >= 0.6 is 0 Å². The molecule has 2 rings (SSSR count). The van der Waals surface area contributed by atoms with Crippen molar-refractivity contribution in [2.45, 2.75) is 39.7 Å². The van der Waals surface area contributed by atoms with E-state index in [4.69, 9.17) is 0 Å². The minimum Gasteiger partial charge on any atom is -0.305 e. The number of benzene rings is 1. The van der Waals surface area contributed by atoms with E-state index in [2.05, 4.69) is 30.3 Å². The summed E-state index contributed by atoms with van der Waals surface area (Å²) >= 11 is 0.